The van der Waals surface area contributed by atoms with Crippen molar-refractivity contribution in [3.05, 3.63) is 23.8 Å². The predicted octanol–water partition coefficient (Wildman–Crippen LogP) is 2.07. The molecule has 1 aliphatic rings. The monoisotopic (exact) mass is 151 g/mol. The lowest BCUT2D eigenvalue weighted by Gasteiger charge is -2.16. The zero-order valence-electron chi connectivity index (χ0n) is 7.67. The Labute approximate surface area is 69.4 Å². The predicted molar refractivity (Wildman–Crippen MR) is 49.6 cm³/mol. The molecule has 0 saturated carbocycles. The van der Waals surface area contributed by atoms with Crippen molar-refractivity contribution in [2.45, 2.75) is 13.3 Å². The molecule has 0 N–H and O–H groups in total. The minimum Gasteiger partial charge on any atom is -0.309 e. The quantitative estimate of drug-likeness (QED) is 0.597. The lowest BCUT2D eigenvalue weighted by Crippen LogP contribution is -2.20. The molecule has 1 aliphatic carbocycles. The summed E-state index contributed by atoms with van der Waals surface area (Å²) in [4.78, 5) is 2.23. The van der Waals surface area contributed by atoms with Crippen LogP contribution in [0.3, 0.4) is 0 Å². The van der Waals surface area contributed by atoms with Gasteiger partial charge in [0, 0.05) is 6.54 Å². The molecular formula is C10H17N. The van der Waals surface area contributed by atoms with Crippen molar-refractivity contribution in [3.8, 4) is 0 Å². The molecule has 0 radical (unpaired) electrons. The van der Waals surface area contributed by atoms with E-state index < -0.39 is 0 Å². The van der Waals surface area contributed by atoms with E-state index in [1.165, 1.54) is 5.57 Å². The normalized spacial score (nSPS) is 19.1. The summed E-state index contributed by atoms with van der Waals surface area (Å²) in [6.07, 6.45) is 7.91. The van der Waals surface area contributed by atoms with E-state index in [1.807, 2.05) is 0 Å². The smallest absolute Gasteiger partial charge is 0.00414 e. The van der Waals surface area contributed by atoms with E-state index >= 15 is 0 Å². The second-order valence-corrected chi connectivity index (χ2v) is 3.51. The first-order valence-corrected chi connectivity index (χ1v) is 4.21. The highest BCUT2D eigenvalue weighted by molar-refractivity contribution is 5.28. The highest BCUT2D eigenvalue weighted by Gasteiger charge is 2.08. The summed E-state index contributed by atoms with van der Waals surface area (Å²) in [6, 6.07) is 0. The Hall–Kier alpha value is -0.560. The van der Waals surface area contributed by atoms with Crippen LogP contribution in [-0.4, -0.2) is 25.5 Å². The van der Waals surface area contributed by atoms with Gasteiger partial charge in [-0.2, -0.15) is 0 Å². The first-order valence-electron chi connectivity index (χ1n) is 4.21. The lowest BCUT2D eigenvalue weighted by atomic mass is 10.0. The Kier molecular flexibility index (Phi) is 2.89. The average molecular weight is 151 g/mol. The molecule has 1 rings (SSSR count). The van der Waals surface area contributed by atoms with E-state index in [4.69, 9.17) is 0 Å². The first kappa shape index (κ1) is 8.54. The van der Waals surface area contributed by atoms with Crippen molar-refractivity contribution < 1.29 is 0 Å². The van der Waals surface area contributed by atoms with Crippen molar-refractivity contribution >= 4 is 0 Å². The number of hydrogen-bond acceptors (Lipinski definition) is 1. The largest absolute Gasteiger partial charge is 0.309 e. The molecule has 0 heterocycles. The van der Waals surface area contributed by atoms with E-state index in [0.29, 0.717) is 5.92 Å². The lowest BCUT2D eigenvalue weighted by molar-refractivity contribution is 0.366. The number of nitrogens with zero attached hydrogens (tertiary/aromatic N) is 1. The summed E-state index contributed by atoms with van der Waals surface area (Å²) in [5.74, 6) is 0.684. The van der Waals surface area contributed by atoms with Gasteiger partial charge in [0.05, 0.1) is 0 Å². The van der Waals surface area contributed by atoms with Crippen molar-refractivity contribution in [1.82, 2.24) is 4.90 Å². The van der Waals surface area contributed by atoms with Gasteiger partial charge < -0.3 is 4.90 Å². The van der Waals surface area contributed by atoms with Crippen LogP contribution in [0.1, 0.15) is 13.3 Å². The van der Waals surface area contributed by atoms with Crippen LogP contribution in [0.5, 0.6) is 0 Å². The Morgan fingerprint density at radius 3 is 2.73 bits per heavy atom. The van der Waals surface area contributed by atoms with Crippen molar-refractivity contribution in [2.75, 3.05) is 20.6 Å². The number of rotatable bonds is 3. The zero-order chi connectivity index (χ0) is 8.27. The molecule has 0 amide bonds. The van der Waals surface area contributed by atoms with Crippen LogP contribution >= 0.6 is 0 Å². The molecule has 11 heavy (non-hydrogen) atoms. The Morgan fingerprint density at radius 1 is 1.55 bits per heavy atom. The van der Waals surface area contributed by atoms with E-state index in [1.54, 1.807) is 0 Å². The Bertz CT molecular complexity index is 177. The van der Waals surface area contributed by atoms with Gasteiger partial charge in [0.2, 0.25) is 0 Å². The van der Waals surface area contributed by atoms with E-state index in [9.17, 15) is 0 Å². The van der Waals surface area contributed by atoms with E-state index in [2.05, 4.69) is 44.1 Å². The maximum Gasteiger partial charge on any atom is 0.00414 e. The molecule has 0 saturated heterocycles. The summed E-state index contributed by atoms with van der Waals surface area (Å²) in [6.45, 7) is 3.43. The Balaban J connectivity index is 2.41. The first-order chi connectivity index (χ1) is 5.20. The van der Waals surface area contributed by atoms with Crippen molar-refractivity contribution in [1.29, 1.82) is 0 Å². The summed E-state index contributed by atoms with van der Waals surface area (Å²) in [5.41, 5.74) is 1.50. The fraction of sp³-hybridized carbons (Fsp3) is 0.600. The molecule has 62 valence electrons. The summed E-state index contributed by atoms with van der Waals surface area (Å²) in [7, 11) is 4.24. The maximum absolute atomic E-state index is 2.31. The summed E-state index contributed by atoms with van der Waals surface area (Å²) < 4.78 is 0. The molecule has 0 bridgehead atoms. The third kappa shape index (κ3) is 2.51. The van der Waals surface area contributed by atoms with Gasteiger partial charge in [0.1, 0.15) is 0 Å². The van der Waals surface area contributed by atoms with Gasteiger partial charge in [-0.1, -0.05) is 25.2 Å². The van der Waals surface area contributed by atoms with Gasteiger partial charge in [-0.25, -0.2) is 0 Å². The second-order valence-electron chi connectivity index (χ2n) is 3.51. The molecule has 0 aliphatic heterocycles. The molecule has 0 aromatic carbocycles. The standard InChI is InChI=1S/C10H17N/c1-9(8-11(2)3)10-6-4-5-7-10/h4,6-7,9H,5,8H2,1-3H3. The SMILES string of the molecule is CC(CN(C)C)C1=CCC=C1. The fourth-order valence-corrected chi connectivity index (χ4v) is 1.49. The zero-order valence-corrected chi connectivity index (χ0v) is 7.67. The Morgan fingerprint density at radius 2 is 2.27 bits per heavy atom. The highest BCUT2D eigenvalue weighted by Crippen LogP contribution is 2.18. The molecule has 0 aromatic rings. The van der Waals surface area contributed by atoms with E-state index in [-0.39, 0.29) is 0 Å². The molecular weight excluding hydrogens is 134 g/mol. The van der Waals surface area contributed by atoms with Crippen LogP contribution < -0.4 is 0 Å². The summed E-state index contributed by atoms with van der Waals surface area (Å²) >= 11 is 0. The topological polar surface area (TPSA) is 3.24 Å². The van der Waals surface area contributed by atoms with Crippen LogP contribution in [0.4, 0.5) is 0 Å². The second kappa shape index (κ2) is 3.72. The average Bonchev–Trinajstić information content (AvgIpc) is 2.35. The fourth-order valence-electron chi connectivity index (χ4n) is 1.49. The van der Waals surface area contributed by atoms with Crippen LogP contribution in [0.15, 0.2) is 23.8 Å². The number of allylic oxidation sites excluding steroid dienone is 3. The minimum absolute atomic E-state index is 0.684. The highest BCUT2D eigenvalue weighted by atomic mass is 15.1. The maximum atomic E-state index is 2.31. The van der Waals surface area contributed by atoms with Gasteiger partial charge >= 0.3 is 0 Å². The molecule has 0 aromatic heterocycles. The van der Waals surface area contributed by atoms with Crippen LogP contribution in [0, 0.1) is 5.92 Å². The molecule has 1 atom stereocenters. The van der Waals surface area contributed by atoms with Gasteiger partial charge in [-0.05, 0) is 32.0 Å². The van der Waals surface area contributed by atoms with Gasteiger partial charge in [-0.3, -0.25) is 0 Å². The minimum atomic E-state index is 0.684. The number of hydrogen-bond donors (Lipinski definition) is 0. The van der Waals surface area contributed by atoms with Crippen molar-refractivity contribution in [3.63, 3.8) is 0 Å². The van der Waals surface area contributed by atoms with Gasteiger partial charge in [0.25, 0.3) is 0 Å². The molecule has 1 heteroatoms. The van der Waals surface area contributed by atoms with Gasteiger partial charge in [0.15, 0.2) is 0 Å². The molecule has 1 nitrogen and oxygen atoms in total. The molecule has 0 fully saturated rings. The van der Waals surface area contributed by atoms with Gasteiger partial charge in [-0.15, -0.1) is 0 Å². The molecule has 1 unspecified atom stereocenters. The third-order valence-electron chi connectivity index (χ3n) is 2.01. The molecule has 0 spiro atoms. The van der Waals surface area contributed by atoms with Crippen molar-refractivity contribution in [2.24, 2.45) is 5.92 Å². The van der Waals surface area contributed by atoms with Crippen LogP contribution in [-0.2, 0) is 0 Å². The van der Waals surface area contributed by atoms with E-state index in [0.717, 1.165) is 13.0 Å². The van der Waals surface area contributed by atoms with Crippen LogP contribution in [0.2, 0.25) is 0 Å². The summed E-state index contributed by atoms with van der Waals surface area (Å²) in [5, 5.41) is 0. The third-order valence-corrected chi connectivity index (χ3v) is 2.01. The van der Waals surface area contributed by atoms with Crippen LogP contribution in [0.25, 0.3) is 0 Å².